The van der Waals surface area contributed by atoms with Crippen LogP contribution in [-0.2, 0) is 11.2 Å². The number of carbonyl (C=O) groups excluding carboxylic acids is 2. The molecule has 0 spiro atoms. The van der Waals surface area contributed by atoms with Crippen molar-refractivity contribution in [3.05, 3.63) is 105 Å². The van der Waals surface area contributed by atoms with Crippen LogP contribution in [0.1, 0.15) is 45.6 Å². The topological polar surface area (TPSA) is 90.3 Å². The van der Waals surface area contributed by atoms with Crippen molar-refractivity contribution in [2.24, 2.45) is 5.73 Å². The average molecular weight is 440 g/mol. The fourth-order valence-electron chi connectivity index (χ4n) is 4.18. The molecule has 0 saturated carbocycles. The summed E-state index contributed by atoms with van der Waals surface area (Å²) in [4.78, 5) is 27.6. The van der Waals surface area contributed by atoms with Crippen LogP contribution in [0.3, 0.4) is 0 Å². The fraction of sp³-hybridized carbons (Fsp3) is 0.174. The van der Waals surface area contributed by atoms with Gasteiger partial charge in [0.2, 0.25) is 5.91 Å². The minimum atomic E-state index is -1.12. The van der Waals surface area contributed by atoms with E-state index < -0.39 is 29.7 Å². The highest BCUT2D eigenvalue weighted by Crippen LogP contribution is 2.43. The van der Waals surface area contributed by atoms with Crippen molar-refractivity contribution in [1.82, 2.24) is 4.90 Å². The van der Waals surface area contributed by atoms with Gasteiger partial charge in [-0.15, -0.1) is 0 Å². The molecule has 0 unspecified atom stereocenters. The largest absolute Gasteiger partial charge is 0.619 e. The van der Waals surface area contributed by atoms with Gasteiger partial charge in [0, 0.05) is 11.1 Å². The molecule has 8 heteroatoms. The van der Waals surface area contributed by atoms with Gasteiger partial charge in [0.25, 0.3) is 5.91 Å². The number of fused-ring (bicyclic) bond motifs is 1. The minimum absolute atomic E-state index is 0.0932. The van der Waals surface area contributed by atoms with E-state index in [4.69, 9.17) is 17.3 Å². The first-order chi connectivity index (χ1) is 14.9. The number of hydrogen-bond donors (Lipinski definition) is 1. The Bertz CT molecular complexity index is 1160. The van der Waals surface area contributed by atoms with Gasteiger partial charge in [-0.3, -0.25) is 9.59 Å². The summed E-state index contributed by atoms with van der Waals surface area (Å²) in [5.74, 6) is -1.75. The standard InChI is InChI=1S/C23H19ClFN3O3/c24-16-11-18-17(19(25)12-16)8-9-20(18)28(23(30)15-7-4-10-27(31)13-15)21(22(26)29)14-5-2-1-3-6-14/h1-7,10-13,20-21H,8-9H2,(H2,26,29)/t20-,21-/m1/s1. The zero-order valence-electron chi connectivity index (χ0n) is 16.4. The van der Waals surface area contributed by atoms with E-state index >= 15 is 0 Å². The van der Waals surface area contributed by atoms with Crippen molar-refractivity contribution in [1.29, 1.82) is 0 Å². The number of nitrogens with zero attached hydrogens (tertiary/aromatic N) is 2. The van der Waals surface area contributed by atoms with Crippen molar-refractivity contribution in [3.8, 4) is 0 Å². The Morgan fingerprint density at radius 3 is 2.61 bits per heavy atom. The van der Waals surface area contributed by atoms with E-state index in [9.17, 15) is 19.2 Å². The molecule has 6 nitrogen and oxygen atoms in total. The molecule has 31 heavy (non-hydrogen) atoms. The van der Waals surface area contributed by atoms with E-state index in [0.717, 1.165) is 6.20 Å². The van der Waals surface area contributed by atoms with Crippen LogP contribution in [0.4, 0.5) is 4.39 Å². The smallest absolute Gasteiger partial charge is 0.261 e. The highest BCUT2D eigenvalue weighted by molar-refractivity contribution is 6.30. The molecular weight excluding hydrogens is 421 g/mol. The molecule has 4 rings (SSSR count). The number of halogens is 2. The van der Waals surface area contributed by atoms with Gasteiger partial charge < -0.3 is 15.8 Å². The number of aromatic nitrogens is 1. The highest BCUT2D eigenvalue weighted by Gasteiger charge is 2.40. The zero-order chi connectivity index (χ0) is 22.1. The predicted molar refractivity (Wildman–Crippen MR) is 112 cm³/mol. The van der Waals surface area contributed by atoms with E-state index in [0.29, 0.717) is 34.3 Å². The Morgan fingerprint density at radius 1 is 1.19 bits per heavy atom. The summed E-state index contributed by atoms with van der Waals surface area (Å²) in [5, 5.41) is 12.0. The van der Waals surface area contributed by atoms with E-state index in [2.05, 4.69) is 0 Å². The van der Waals surface area contributed by atoms with Gasteiger partial charge >= 0.3 is 0 Å². The third-order valence-corrected chi connectivity index (χ3v) is 5.70. The number of rotatable bonds is 5. The van der Waals surface area contributed by atoms with Gasteiger partial charge in [-0.25, -0.2) is 4.39 Å². The minimum Gasteiger partial charge on any atom is -0.619 e. The first-order valence-corrected chi connectivity index (χ1v) is 10.1. The Labute approximate surface area is 183 Å². The number of primary amides is 1. The number of nitrogens with two attached hydrogens (primary N) is 1. The van der Waals surface area contributed by atoms with Crippen LogP contribution in [0.2, 0.25) is 5.02 Å². The molecule has 0 aliphatic heterocycles. The molecule has 2 aromatic carbocycles. The average Bonchev–Trinajstić information content (AvgIpc) is 3.15. The Morgan fingerprint density at radius 2 is 1.94 bits per heavy atom. The Kier molecular flexibility index (Phi) is 5.61. The van der Waals surface area contributed by atoms with Gasteiger partial charge in [0.1, 0.15) is 17.4 Å². The second-order valence-corrected chi connectivity index (χ2v) is 7.83. The third kappa shape index (κ3) is 3.96. The molecule has 1 heterocycles. The number of hydrogen-bond acceptors (Lipinski definition) is 3. The van der Waals surface area contributed by atoms with Crippen LogP contribution in [0.5, 0.6) is 0 Å². The Hall–Kier alpha value is -3.45. The summed E-state index contributed by atoms with van der Waals surface area (Å²) >= 11 is 6.10. The van der Waals surface area contributed by atoms with Crippen molar-refractivity contribution in [2.45, 2.75) is 24.9 Å². The second kappa shape index (κ2) is 8.35. The highest BCUT2D eigenvalue weighted by atomic mass is 35.5. The summed E-state index contributed by atoms with van der Waals surface area (Å²) in [6.45, 7) is 0. The maximum Gasteiger partial charge on any atom is 0.261 e. The lowest BCUT2D eigenvalue weighted by Crippen LogP contribution is -2.44. The zero-order valence-corrected chi connectivity index (χ0v) is 17.1. The monoisotopic (exact) mass is 439 g/mol. The van der Waals surface area contributed by atoms with Gasteiger partial charge in [0.05, 0.1) is 6.04 Å². The van der Waals surface area contributed by atoms with Crippen LogP contribution in [-0.4, -0.2) is 16.7 Å². The molecule has 158 valence electrons. The third-order valence-electron chi connectivity index (χ3n) is 5.48. The molecule has 2 N–H and O–H groups in total. The van der Waals surface area contributed by atoms with Crippen molar-refractivity contribution in [2.75, 3.05) is 0 Å². The Balaban J connectivity index is 1.89. The molecule has 3 aromatic rings. The quantitative estimate of drug-likeness (QED) is 0.487. The molecular formula is C23H19ClFN3O3. The molecule has 0 radical (unpaired) electrons. The number of amides is 2. The van der Waals surface area contributed by atoms with Crippen LogP contribution >= 0.6 is 11.6 Å². The predicted octanol–water partition coefficient (Wildman–Crippen LogP) is 3.47. The molecule has 1 aliphatic carbocycles. The van der Waals surface area contributed by atoms with Crippen molar-refractivity contribution >= 4 is 23.4 Å². The molecule has 0 bridgehead atoms. The summed E-state index contributed by atoms with van der Waals surface area (Å²) in [5.41, 5.74) is 7.36. The van der Waals surface area contributed by atoms with E-state index in [1.807, 2.05) is 0 Å². The van der Waals surface area contributed by atoms with E-state index in [1.54, 1.807) is 36.4 Å². The van der Waals surface area contributed by atoms with Gasteiger partial charge in [-0.05, 0) is 47.7 Å². The maximum atomic E-state index is 14.5. The summed E-state index contributed by atoms with van der Waals surface area (Å²) in [7, 11) is 0. The molecule has 0 saturated heterocycles. The first kappa shape index (κ1) is 20.8. The fourth-order valence-corrected chi connectivity index (χ4v) is 4.39. The summed E-state index contributed by atoms with van der Waals surface area (Å²) in [6.07, 6.45) is 3.15. The van der Waals surface area contributed by atoms with Crippen molar-refractivity contribution < 1.29 is 18.7 Å². The summed E-state index contributed by atoms with van der Waals surface area (Å²) < 4.78 is 15.0. The molecule has 1 aliphatic rings. The molecule has 0 fully saturated rings. The lowest BCUT2D eigenvalue weighted by molar-refractivity contribution is -0.605. The lowest BCUT2D eigenvalue weighted by Gasteiger charge is -2.35. The van der Waals surface area contributed by atoms with Crippen LogP contribution in [0, 0.1) is 11.0 Å². The number of benzene rings is 2. The normalized spacial score (nSPS) is 15.9. The van der Waals surface area contributed by atoms with Crippen molar-refractivity contribution in [3.63, 3.8) is 0 Å². The van der Waals surface area contributed by atoms with E-state index in [-0.39, 0.29) is 10.6 Å². The van der Waals surface area contributed by atoms with Crippen LogP contribution in [0.15, 0.2) is 67.0 Å². The van der Waals surface area contributed by atoms with E-state index in [1.165, 1.54) is 29.3 Å². The maximum absolute atomic E-state index is 14.5. The SMILES string of the molecule is NC(=O)[C@@H](c1ccccc1)N(C(=O)c1ccc[n+]([O-])c1)[C@@H]1CCc2c(F)cc(Cl)cc21. The number of carbonyl (C=O) groups is 2. The molecule has 2 amide bonds. The first-order valence-electron chi connectivity index (χ1n) is 9.70. The van der Waals surface area contributed by atoms with Gasteiger partial charge in [-0.2, -0.15) is 4.73 Å². The second-order valence-electron chi connectivity index (χ2n) is 7.39. The number of pyridine rings is 1. The van der Waals surface area contributed by atoms with Crippen LogP contribution < -0.4 is 10.5 Å². The van der Waals surface area contributed by atoms with Gasteiger partial charge in [0.15, 0.2) is 12.4 Å². The lowest BCUT2D eigenvalue weighted by atomic mass is 9.98. The van der Waals surface area contributed by atoms with Gasteiger partial charge in [-0.1, -0.05) is 41.9 Å². The van der Waals surface area contributed by atoms with Crippen LogP contribution in [0.25, 0.3) is 0 Å². The summed E-state index contributed by atoms with van der Waals surface area (Å²) in [6, 6.07) is 12.7. The molecule has 2 atom stereocenters. The molecule has 1 aromatic heterocycles.